The van der Waals surface area contributed by atoms with Crippen molar-refractivity contribution in [2.24, 2.45) is 50.2 Å². The molecule has 0 aromatic heterocycles. The summed E-state index contributed by atoms with van der Waals surface area (Å²) in [7, 11) is 0. The van der Waals surface area contributed by atoms with E-state index in [-0.39, 0.29) is 52.1 Å². The Morgan fingerprint density at radius 3 is 2.29 bits per heavy atom. The summed E-state index contributed by atoms with van der Waals surface area (Å²) >= 11 is 0. The maximum absolute atomic E-state index is 14.5. The Morgan fingerprint density at radius 1 is 1.02 bits per heavy atom. The molecule has 5 aliphatic carbocycles. The number of Topliss-reactive ketones (excluding diaryl/α,β-unsaturated/α-hetero) is 1. The molecule has 0 bridgehead atoms. The summed E-state index contributed by atoms with van der Waals surface area (Å²) in [6.07, 6.45) is 4.44. The summed E-state index contributed by atoms with van der Waals surface area (Å²) in [6, 6.07) is 2.13. The highest BCUT2D eigenvalue weighted by Gasteiger charge is 2.69. The van der Waals surface area contributed by atoms with E-state index < -0.39 is 40.3 Å². The lowest BCUT2D eigenvalue weighted by Crippen LogP contribution is -2.65. The molecule has 1 amide bonds. The summed E-state index contributed by atoms with van der Waals surface area (Å²) in [5.74, 6) is -1.24. The van der Waals surface area contributed by atoms with Crippen LogP contribution in [0.5, 0.6) is 0 Å². The van der Waals surface area contributed by atoms with Crippen molar-refractivity contribution in [3.8, 4) is 6.07 Å². The molecule has 5 aliphatic rings. The van der Waals surface area contributed by atoms with Crippen molar-refractivity contribution in [1.82, 2.24) is 5.32 Å². The summed E-state index contributed by atoms with van der Waals surface area (Å²) in [5, 5.41) is 12.0. The number of carbonyl (C=O) groups is 3. The van der Waals surface area contributed by atoms with Crippen molar-refractivity contribution in [2.45, 2.75) is 106 Å². The van der Waals surface area contributed by atoms with Gasteiger partial charge in [0.1, 0.15) is 12.6 Å². The Bertz CT molecular complexity index is 1340. The van der Waals surface area contributed by atoms with Crippen LogP contribution in [-0.4, -0.2) is 30.2 Å². The number of nitrogens with zero attached hydrogens (tertiary/aromatic N) is 1. The molecule has 0 aliphatic heterocycles. The van der Waals surface area contributed by atoms with E-state index in [0.717, 1.165) is 31.3 Å². The van der Waals surface area contributed by atoms with Crippen LogP contribution in [0.2, 0.25) is 0 Å². The van der Waals surface area contributed by atoms with Crippen LogP contribution in [0, 0.1) is 61.6 Å². The highest BCUT2D eigenvalue weighted by atomic mass is 19.4. The maximum atomic E-state index is 14.5. The van der Waals surface area contributed by atoms with Crippen molar-refractivity contribution in [3.05, 3.63) is 23.3 Å². The van der Waals surface area contributed by atoms with E-state index in [1.54, 1.807) is 0 Å². The van der Waals surface area contributed by atoms with Gasteiger partial charge in [-0.05, 0) is 84.5 Å². The van der Waals surface area contributed by atoms with Crippen molar-refractivity contribution >= 4 is 17.5 Å². The number of rotatable bonds is 3. The SMILES string of the molecule is CC1(C)CC[C@]2(CC(=O)NCC(F)(F)F)CC[C@]3(C)[C@H](C(=O)C=C4[C@@]5(C)C=C(C#N)C(=O)C(C)(C)[C@@H]5CC[C@]43C)[C@H]2C1. The first-order valence-electron chi connectivity index (χ1n) is 15.4. The lowest BCUT2D eigenvalue weighted by atomic mass is 9.34. The molecule has 0 radical (unpaired) electrons. The fraction of sp³-hybridized carbons (Fsp3) is 0.765. The van der Waals surface area contributed by atoms with Crippen LogP contribution in [-0.2, 0) is 14.4 Å². The molecule has 3 fully saturated rings. The first-order valence-corrected chi connectivity index (χ1v) is 15.4. The van der Waals surface area contributed by atoms with Gasteiger partial charge in [-0.25, -0.2) is 0 Å². The zero-order valence-electron chi connectivity index (χ0n) is 26.1. The molecule has 5 rings (SSSR count). The Hall–Kier alpha value is -2.43. The molecular weight excluding hydrogens is 541 g/mol. The number of carbonyl (C=O) groups excluding carboxylic acids is 3. The number of amides is 1. The molecule has 42 heavy (non-hydrogen) atoms. The first-order chi connectivity index (χ1) is 19.2. The second-order valence-electron chi connectivity index (χ2n) is 16.2. The Balaban J connectivity index is 1.60. The van der Waals surface area contributed by atoms with Crippen molar-refractivity contribution in [2.75, 3.05) is 6.54 Å². The molecule has 3 saturated carbocycles. The number of allylic oxidation sites excluding steroid dienone is 4. The third-order valence-electron chi connectivity index (χ3n) is 13.0. The van der Waals surface area contributed by atoms with Crippen LogP contribution in [0.25, 0.3) is 0 Å². The van der Waals surface area contributed by atoms with E-state index >= 15 is 0 Å². The molecule has 0 saturated heterocycles. The fourth-order valence-corrected chi connectivity index (χ4v) is 10.6. The number of fused-ring (bicyclic) bond motifs is 7. The number of hydrogen-bond acceptors (Lipinski definition) is 4. The van der Waals surface area contributed by atoms with E-state index in [0.29, 0.717) is 19.3 Å². The molecule has 5 nitrogen and oxygen atoms in total. The van der Waals surface area contributed by atoms with Crippen LogP contribution in [0.4, 0.5) is 13.2 Å². The van der Waals surface area contributed by atoms with E-state index in [1.807, 2.05) is 26.0 Å². The molecule has 0 unspecified atom stereocenters. The van der Waals surface area contributed by atoms with Gasteiger partial charge < -0.3 is 5.32 Å². The predicted molar refractivity (Wildman–Crippen MR) is 153 cm³/mol. The molecule has 230 valence electrons. The van der Waals surface area contributed by atoms with Crippen molar-refractivity contribution in [3.63, 3.8) is 0 Å². The summed E-state index contributed by atoms with van der Waals surface area (Å²) < 4.78 is 38.7. The zero-order chi connectivity index (χ0) is 31.3. The third kappa shape index (κ3) is 4.34. The Morgan fingerprint density at radius 2 is 1.67 bits per heavy atom. The minimum absolute atomic E-state index is 0.00132. The van der Waals surface area contributed by atoms with Gasteiger partial charge in [0.05, 0.1) is 5.57 Å². The topological polar surface area (TPSA) is 87.0 Å². The standard InChI is InChI=1S/C34H45F3N2O3/c1-28(2)10-12-33(17-25(41)39-19-34(35,36)37)13-11-32(7)26(21(33)16-28)22(40)14-24-30(5)15-20(18-38)27(42)29(3,4)23(30)8-9-31(24,32)6/h14-15,21,23,26H,8-13,16-17,19H2,1-7H3,(H,39,41)/t21-,23+,26+,30+,31-,32-,33-/m1/s1. The lowest BCUT2D eigenvalue weighted by molar-refractivity contribution is -0.175. The van der Waals surface area contributed by atoms with Crippen LogP contribution in [0.3, 0.4) is 0 Å². The first kappa shape index (κ1) is 31.0. The monoisotopic (exact) mass is 586 g/mol. The van der Waals surface area contributed by atoms with E-state index in [9.17, 15) is 32.8 Å². The average Bonchev–Trinajstić information content (AvgIpc) is 2.87. The van der Waals surface area contributed by atoms with Gasteiger partial charge in [0.25, 0.3) is 0 Å². The van der Waals surface area contributed by atoms with Crippen LogP contribution < -0.4 is 5.32 Å². The zero-order valence-corrected chi connectivity index (χ0v) is 26.1. The van der Waals surface area contributed by atoms with E-state index in [4.69, 9.17) is 0 Å². The van der Waals surface area contributed by atoms with E-state index in [1.165, 1.54) is 0 Å². The minimum Gasteiger partial charge on any atom is -0.347 e. The molecular formula is C34H45F3N2O3. The van der Waals surface area contributed by atoms with Gasteiger partial charge in [-0.15, -0.1) is 0 Å². The van der Waals surface area contributed by atoms with Crippen LogP contribution >= 0.6 is 0 Å². The number of alkyl halides is 3. The lowest BCUT2D eigenvalue weighted by Gasteiger charge is -2.69. The molecule has 8 heteroatoms. The maximum Gasteiger partial charge on any atom is 0.405 e. The number of nitrogens with one attached hydrogen (secondary N) is 1. The Labute approximate surface area is 247 Å². The Kier molecular flexibility index (Phi) is 6.86. The predicted octanol–water partition coefficient (Wildman–Crippen LogP) is 7.27. The number of hydrogen-bond donors (Lipinski definition) is 1. The fourth-order valence-electron chi connectivity index (χ4n) is 10.6. The molecule has 1 N–H and O–H groups in total. The highest BCUT2D eigenvalue weighted by Crippen LogP contribution is 2.74. The third-order valence-corrected chi connectivity index (χ3v) is 13.0. The number of ketones is 2. The smallest absolute Gasteiger partial charge is 0.347 e. The second kappa shape index (κ2) is 9.29. The van der Waals surface area contributed by atoms with Gasteiger partial charge in [0.15, 0.2) is 11.6 Å². The molecule has 0 aromatic rings. The van der Waals surface area contributed by atoms with Gasteiger partial charge in [0.2, 0.25) is 5.91 Å². The van der Waals surface area contributed by atoms with Gasteiger partial charge in [0, 0.05) is 23.2 Å². The van der Waals surface area contributed by atoms with Crippen molar-refractivity contribution < 1.29 is 27.6 Å². The second-order valence-corrected chi connectivity index (χ2v) is 16.2. The summed E-state index contributed by atoms with van der Waals surface area (Å²) in [5.41, 5.74) is -1.59. The van der Waals surface area contributed by atoms with Gasteiger partial charge in [-0.3, -0.25) is 14.4 Å². The minimum atomic E-state index is -4.48. The quantitative estimate of drug-likeness (QED) is 0.377. The highest BCUT2D eigenvalue weighted by molar-refractivity contribution is 6.04. The normalized spacial score (nSPS) is 42.1. The van der Waals surface area contributed by atoms with E-state index in [2.05, 4.69) is 46.0 Å². The van der Waals surface area contributed by atoms with Gasteiger partial charge in [-0.2, -0.15) is 18.4 Å². The largest absolute Gasteiger partial charge is 0.405 e. The summed E-state index contributed by atoms with van der Waals surface area (Å²) in [6.45, 7) is 13.4. The van der Waals surface area contributed by atoms with Crippen LogP contribution in [0.1, 0.15) is 99.8 Å². The van der Waals surface area contributed by atoms with Gasteiger partial charge in [-0.1, -0.05) is 60.1 Å². The molecule has 0 aromatic carbocycles. The molecule has 0 spiro atoms. The summed E-state index contributed by atoms with van der Waals surface area (Å²) in [4.78, 5) is 40.7. The average molecular weight is 587 g/mol. The number of nitriles is 1. The van der Waals surface area contributed by atoms with Crippen molar-refractivity contribution in [1.29, 1.82) is 5.26 Å². The van der Waals surface area contributed by atoms with Crippen LogP contribution in [0.15, 0.2) is 23.3 Å². The molecule has 0 heterocycles. The molecule has 7 atom stereocenters. The number of halogens is 3. The van der Waals surface area contributed by atoms with Gasteiger partial charge >= 0.3 is 6.18 Å².